The summed E-state index contributed by atoms with van der Waals surface area (Å²) in [6, 6.07) is 11.6. The molecule has 0 fully saturated rings. The zero-order chi connectivity index (χ0) is 14.5. The molecule has 0 bridgehead atoms. The van der Waals surface area contributed by atoms with Crippen LogP contribution in [0.3, 0.4) is 0 Å². The molecule has 20 heavy (non-hydrogen) atoms. The molecule has 0 saturated heterocycles. The Morgan fingerprint density at radius 3 is 2.75 bits per heavy atom. The summed E-state index contributed by atoms with van der Waals surface area (Å²) in [5.41, 5.74) is 1.33. The van der Waals surface area contributed by atoms with E-state index in [1.807, 2.05) is 43.3 Å². The van der Waals surface area contributed by atoms with Crippen molar-refractivity contribution in [2.75, 3.05) is 5.32 Å². The number of nitrogens with one attached hydrogen (secondary N) is 1. The van der Waals surface area contributed by atoms with E-state index in [2.05, 4.69) is 10.4 Å². The maximum absolute atomic E-state index is 12.4. The molecule has 1 N–H and O–H groups in total. The Bertz CT molecular complexity index is 640. The topological polar surface area (TPSA) is 70.7 Å². The number of benzene rings is 1. The van der Waals surface area contributed by atoms with Gasteiger partial charge in [0.1, 0.15) is 17.5 Å². The molecule has 0 aliphatic heterocycles. The Kier molecular flexibility index (Phi) is 4.16. The van der Waals surface area contributed by atoms with E-state index in [0.717, 1.165) is 5.56 Å². The van der Waals surface area contributed by atoms with Gasteiger partial charge in [-0.1, -0.05) is 37.3 Å². The molecule has 102 valence electrons. The van der Waals surface area contributed by atoms with Gasteiger partial charge in [-0.3, -0.25) is 9.48 Å². The molecule has 2 rings (SSSR count). The fourth-order valence-corrected chi connectivity index (χ4v) is 2.13. The molecule has 0 saturated carbocycles. The van der Waals surface area contributed by atoms with Crippen LogP contribution < -0.4 is 5.32 Å². The number of nitrogens with zero attached hydrogens (tertiary/aromatic N) is 3. The molecular formula is C15H16N4O. The Balaban J connectivity index is 2.23. The normalized spacial score (nSPS) is 11.7. The van der Waals surface area contributed by atoms with E-state index in [1.165, 1.54) is 10.9 Å². The van der Waals surface area contributed by atoms with Crippen LogP contribution in [0.1, 0.15) is 30.4 Å². The minimum Gasteiger partial charge on any atom is -0.309 e. The standard InChI is InChI=1S/C15H16N4O/c1-3-13(11-7-5-4-6-8-11)15(20)18-14-12(9-16)10-17-19(14)2/h4-8,10,13H,3H2,1-2H3,(H,18,20). The number of hydrogen-bond donors (Lipinski definition) is 1. The van der Waals surface area contributed by atoms with Gasteiger partial charge in [0.2, 0.25) is 5.91 Å². The molecule has 0 spiro atoms. The Morgan fingerprint density at radius 2 is 2.15 bits per heavy atom. The second kappa shape index (κ2) is 6.02. The van der Waals surface area contributed by atoms with Crippen LogP contribution in [0.25, 0.3) is 0 Å². The Labute approximate surface area is 117 Å². The van der Waals surface area contributed by atoms with Gasteiger partial charge in [-0.15, -0.1) is 0 Å². The van der Waals surface area contributed by atoms with Gasteiger partial charge in [-0.2, -0.15) is 10.4 Å². The van der Waals surface area contributed by atoms with Crippen LogP contribution in [-0.4, -0.2) is 15.7 Å². The summed E-state index contributed by atoms with van der Waals surface area (Å²) < 4.78 is 1.49. The highest BCUT2D eigenvalue weighted by Gasteiger charge is 2.21. The number of carbonyl (C=O) groups is 1. The molecule has 5 nitrogen and oxygen atoms in total. The third-order valence-corrected chi connectivity index (χ3v) is 3.23. The van der Waals surface area contributed by atoms with Crippen LogP contribution in [0.2, 0.25) is 0 Å². The average molecular weight is 268 g/mol. The fraction of sp³-hybridized carbons (Fsp3) is 0.267. The second-order valence-electron chi connectivity index (χ2n) is 4.50. The van der Waals surface area contributed by atoms with Crippen molar-refractivity contribution in [3.63, 3.8) is 0 Å². The zero-order valence-electron chi connectivity index (χ0n) is 11.5. The minimum atomic E-state index is -0.238. The number of anilines is 1. The lowest BCUT2D eigenvalue weighted by Gasteiger charge is -2.15. The predicted molar refractivity (Wildman–Crippen MR) is 76.0 cm³/mol. The van der Waals surface area contributed by atoms with Crippen LogP contribution in [0.15, 0.2) is 36.5 Å². The molecule has 1 unspecified atom stereocenters. The van der Waals surface area contributed by atoms with Crippen molar-refractivity contribution >= 4 is 11.7 Å². The van der Waals surface area contributed by atoms with Crippen LogP contribution in [-0.2, 0) is 11.8 Å². The van der Waals surface area contributed by atoms with Crippen LogP contribution >= 0.6 is 0 Å². The molecule has 0 aliphatic carbocycles. The summed E-state index contributed by atoms with van der Waals surface area (Å²) in [6.07, 6.45) is 2.13. The molecule has 0 aliphatic rings. The third-order valence-electron chi connectivity index (χ3n) is 3.23. The van der Waals surface area contributed by atoms with E-state index in [0.29, 0.717) is 17.8 Å². The van der Waals surface area contributed by atoms with Gasteiger partial charge >= 0.3 is 0 Å². The second-order valence-corrected chi connectivity index (χ2v) is 4.50. The summed E-state index contributed by atoms with van der Waals surface area (Å²) in [5.74, 6) is 0.0725. The lowest BCUT2D eigenvalue weighted by molar-refractivity contribution is -0.117. The van der Waals surface area contributed by atoms with E-state index in [4.69, 9.17) is 5.26 Å². The first-order valence-electron chi connectivity index (χ1n) is 6.45. The molecular weight excluding hydrogens is 252 g/mol. The molecule has 0 radical (unpaired) electrons. The zero-order valence-corrected chi connectivity index (χ0v) is 11.5. The van der Waals surface area contributed by atoms with E-state index >= 15 is 0 Å². The molecule has 2 aromatic rings. The van der Waals surface area contributed by atoms with Crippen LogP contribution in [0.5, 0.6) is 0 Å². The maximum atomic E-state index is 12.4. The number of hydrogen-bond acceptors (Lipinski definition) is 3. The van der Waals surface area contributed by atoms with Crippen LogP contribution in [0, 0.1) is 11.3 Å². The van der Waals surface area contributed by atoms with E-state index in [-0.39, 0.29) is 11.8 Å². The summed E-state index contributed by atoms with van der Waals surface area (Å²) in [7, 11) is 1.69. The molecule has 1 aromatic heterocycles. The highest BCUT2D eigenvalue weighted by molar-refractivity contribution is 5.96. The SMILES string of the molecule is CCC(C(=O)Nc1c(C#N)cnn1C)c1ccccc1. The van der Waals surface area contributed by atoms with Gasteiger partial charge in [-0.05, 0) is 12.0 Å². The first kappa shape index (κ1) is 13.8. The van der Waals surface area contributed by atoms with Crippen molar-refractivity contribution in [1.29, 1.82) is 5.26 Å². The number of nitriles is 1. The first-order chi connectivity index (χ1) is 9.67. The number of aryl methyl sites for hydroxylation is 1. The summed E-state index contributed by atoms with van der Waals surface area (Å²) in [5, 5.41) is 15.8. The molecule has 1 atom stereocenters. The van der Waals surface area contributed by atoms with Crippen molar-refractivity contribution in [1.82, 2.24) is 9.78 Å². The van der Waals surface area contributed by atoms with Crippen molar-refractivity contribution in [3.05, 3.63) is 47.7 Å². The number of carbonyl (C=O) groups excluding carboxylic acids is 1. The highest BCUT2D eigenvalue weighted by atomic mass is 16.2. The van der Waals surface area contributed by atoms with Crippen molar-refractivity contribution in [3.8, 4) is 6.07 Å². The van der Waals surface area contributed by atoms with Crippen molar-refractivity contribution < 1.29 is 4.79 Å². The van der Waals surface area contributed by atoms with Gasteiger partial charge in [0, 0.05) is 7.05 Å². The maximum Gasteiger partial charge on any atom is 0.233 e. The fourth-order valence-electron chi connectivity index (χ4n) is 2.13. The Hall–Kier alpha value is -2.61. The lowest BCUT2D eigenvalue weighted by Crippen LogP contribution is -2.22. The summed E-state index contributed by atoms with van der Waals surface area (Å²) in [6.45, 7) is 1.96. The first-order valence-corrected chi connectivity index (χ1v) is 6.45. The monoisotopic (exact) mass is 268 g/mol. The van der Waals surface area contributed by atoms with E-state index in [9.17, 15) is 4.79 Å². The minimum absolute atomic E-state index is 0.126. The van der Waals surface area contributed by atoms with E-state index < -0.39 is 0 Å². The third kappa shape index (κ3) is 2.69. The molecule has 1 heterocycles. The quantitative estimate of drug-likeness (QED) is 0.925. The molecule has 1 amide bonds. The van der Waals surface area contributed by atoms with Crippen molar-refractivity contribution in [2.45, 2.75) is 19.3 Å². The van der Waals surface area contributed by atoms with Gasteiger partial charge in [0.15, 0.2) is 0 Å². The van der Waals surface area contributed by atoms with Gasteiger partial charge < -0.3 is 5.32 Å². The average Bonchev–Trinajstić information content (AvgIpc) is 2.81. The van der Waals surface area contributed by atoms with Gasteiger partial charge in [0.25, 0.3) is 0 Å². The van der Waals surface area contributed by atoms with Crippen molar-refractivity contribution in [2.24, 2.45) is 7.05 Å². The summed E-state index contributed by atoms with van der Waals surface area (Å²) >= 11 is 0. The van der Waals surface area contributed by atoms with Crippen LogP contribution in [0.4, 0.5) is 5.82 Å². The predicted octanol–water partition coefficient (Wildman–Crippen LogP) is 2.42. The number of aromatic nitrogens is 2. The van der Waals surface area contributed by atoms with E-state index in [1.54, 1.807) is 7.05 Å². The number of amides is 1. The highest BCUT2D eigenvalue weighted by Crippen LogP contribution is 2.22. The largest absolute Gasteiger partial charge is 0.309 e. The molecule has 5 heteroatoms. The smallest absolute Gasteiger partial charge is 0.233 e. The molecule has 1 aromatic carbocycles. The van der Waals surface area contributed by atoms with Gasteiger partial charge in [-0.25, -0.2) is 0 Å². The summed E-state index contributed by atoms with van der Waals surface area (Å²) in [4.78, 5) is 12.4. The lowest BCUT2D eigenvalue weighted by atomic mass is 9.95. The number of rotatable bonds is 4. The Morgan fingerprint density at radius 1 is 1.45 bits per heavy atom. The van der Waals surface area contributed by atoms with Gasteiger partial charge in [0.05, 0.1) is 12.1 Å².